The van der Waals surface area contributed by atoms with Crippen molar-refractivity contribution in [1.29, 1.82) is 0 Å². The van der Waals surface area contributed by atoms with E-state index < -0.39 is 11.7 Å². The third-order valence-electron chi connectivity index (χ3n) is 4.38. The Morgan fingerprint density at radius 2 is 1.64 bits per heavy atom. The van der Waals surface area contributed by atoms with E-state index in [1.54, 1.807) is 31.2 Å². The summed E-state index contributed by atoms with van der Waals surface area (Å²) >= 11 is 0. The summed E-state index contributed by atoms with van der Waals surface area (Å²) in [5, 5.41) is 0.802. The molecule has 1 atom stereocenters. The number of ketones is 1. The van der Waals surface area contributed by atoms with Crippen LogP contribution in [0.2, 0.25) is 0 Å². The van der Waals surface area contributed by atoms with Gasteiger partial charge in [0.25, 0.3) is 0 Å². The number of Topliss-reactive ketones (excluding diaryl/α,β-unsaturated/α-hetero) is 1. The highest BCUT2D eigenvalue weighted by molar-refractivity contribution is 6.01. The molecule has 0 aliphatic heterocycles. The van der Waals surface area contributed by atoms with Crippen molar-refractivity contribution in [3.05, 3.63) is 75.1 Å². The van der Waals surface area contributed by atoms with E-state index in [4.69, 9.17) is 9.15 Å². The van der Waals surface area contributed by atoms with E-state index in [-0.39, 0.29) is 5.78 Å². The first-order valence-corrected chi connectivity index (χ1v) is 8.18. The lowest BCUT2D eigenvalue weighted by molar-refractivity contribution is 0.0817. The van der Waals surface area contributed by atoms with Gasteiger partial charge >= 0.3 is 5.63 Å². The Hall–Kier alpha value is -2.88. The summed E-state index contributed by atoms with van der Waals surface area (Å²) < 4.78 is 10.9. The number of hydrogen-bond donors (Lipinski definition) is 0. The van der Waals surface area contributed by atoms with Crippen molar-refractivity contribution in [3.8, 4) is 5.75 Å². The molecule has 1 aromatic heterocycles. The number of hydrogen-bond acceptors (Lipinski definition) is 4. The normalized spacial score (nSPS) is 12.2. The Bertz CT molecular complexity index is 1010. The van der Waals surface area contributed by atoms with Crippen LogP contribution in [0.3, 0.4) is 0 Å². The van der Waals surface area contributed by atoms with E-state index >= 15 is 0 Å². The minimum absolute atomic E-state index is 0.0739. The van der Waals surface area contributed by atoms with Gasteiger partial charge in [-0.25, -0.2) is 4.79 Å². The van der Waals surface area contributed by atoms with Gasteiger partial charge in [-0.15, -0.1) is 0 Å². The summed E-state index contributed by atoms with van der Waals surface area (Å²) in [5.74, 6) is 0.416. The van der Waals surface area contributed by atoms with Crippen LogP contribution in [0.15, 0.2) is 51.7 Å². The van der Waals surface area contributed by atoms with Gasteiger partial charge in [-0.05, 0) is 68.7 Å². The Morgan fingerprint density at radius 1 is 0.960 bits per heavy atom. The molecule has 4 nitrogen and oxygen atoms in total. The first-order valence-electron chi connectivity index (χ1n) is 8.18. The Kier molecular flexibility index (Phi) is 4.45. The molecular weight excluding hydrogens is 316 g/mol. The molecule has 0 radical (unpaired) electrons. The van der Waals surface area contributed by atoms with Crippen molar-refractivity contribution < 1.29 is 13.9 Å². The first-order chi connectivity index (χ1) is 11.8. The zero-order valence-electron chi connectivity index (χ0n) is 14.8. The number of aryl methyl sites for hydroxylation is 3. The Labute approximate surface area is 146 Å². The van der Waals surface area contributed by atoms with Crippen LogP contribution in [0.5, 0.6) is 5.75 Å². The van der Waals surface area contributed by atoms with Crippen LogP contribution in [0, 0.1) is 20.8 Å². The van der Waals surface area contributed by atoms with E-state index in [0.29, 0.717) is 16.9 Å². The second kappa shape index (κ2) is 6.55. The van der Waals surface area contributed by atoms with E-state index in [2.05, 4.69) is 0 Å². The third-order valence-corrected chi connectivity index (χ3v) is 4.38. The topological polar surface area (TPSA) is 56.5 Å². The molecule has 2 aromatic carbocycles. The molecule has 0 aliphatic carbocycles. The summed E-state index contributed by atoms with van der Waals surface area (Å²) in [7, 11) is 0. The lowest BCUT2D eigenvalue weighted by Crippen LogP contribution is -2.24. The van der Waals surface area contributed by atoms with E-state index in [1.165, 1.54) is 6.07 Å². The van der Waals surface area contributed by atoms with Crippen molar-refractivity contribution >= 4 is 16.8 Å². The predicted molar refractivity (Wildman–Crippen MR) is 97.6 cm³/mol. The molecule has 3 rings (SSSR count). The lowest BCUT2D eigenvalue weighted by Gasteiger charge is -2.16. The van der Waals surface area contributed by atoms with E-state index in [0.717, 1.165) is 22.1 Å². The van der Waals surface area contributed by atoms with Gasteiger partial charge in [-0.3, -0.25) is 4.79 Å². The summed E-state index contributed by atoms with van der Waals surface area (Å²) in [6, 6.07) is 12.2. The molecule has 0 fully saturated rings. The Morgan fingerprint density at radius 3 is 2.40 bits per heavy atom. The molecule has 0 spiro atoms. The minimum Gasteiger partial charge on any atom is -0.482 e. The average Bonchev–Trinajstić information content (AvgIpc) is 2.57. The van der Waals surface area contributed by atoms with Gasteiger partial charge in [-0.1, -0.05) is 6.07 Å². The molecule has 0 amide bonds. The smallest absolute Gasteiger partial charge is 0.336 e. The van der Waals surface area contributed by atoms with Crippen LogP contribution < -0.4 is 10.4 Å². The zero-order chi connectivity index (χ0) is 18.1. The molecule has 25 heavy (non-hydrogen) atoms. The zero-order valence-corrected chi connectivity index (χ0v) is 14.8. The largest absolute Gasteiger partial charge is 0.482 e. The lowest BCUT2D eigenvalue weighted by atomic mass is 9.96. The van der Waals surface area contributed by atoms with Crippen molar-refractivity contribution in [2.45, 2.75) is 33.8 Å². The van der Waals surface area contributed by atoms with Gasteiger partial charge in [0, 0.05) is 23.1 Å². The molecule has 0 unspecified atom stereocenters. The van der Waals surface area contributed by atoms with Crippen molar-refractivity contribution in [3.63, 3.8) is 0 Å². The SMILES string of the molecule is Cc1cc(C)c(C(=O)[C@@H](C)Oc2ccc3ccc(=O)oc3c2)cc1C. The number of carbonyl (C=O) groups is 1. The fourth-order valence-electron chi connectivity index (χ4n) is 2.82. The van der Waals surface area contributed by atoms with Crippen LogP contribution in [0.25, 0.3) is 11.0 Å². The molecule has 0 saturated carbocycles. The maximum Gasteiger partial charge on any atom is 0.336 e. The summed E-state index contributed by atoms with van der Waals surface area (Å²) in [4.78, 5) is 24.1. The molecule has 0 N–H and O–H groups in total. The van der Waals surface area contributed by atoms with Gasteiger partial charge in [0.2, 0.25) is 5.78 Å². The van der Waals surface area contributed by atoms with Crippen LogP contribution in [0.1, 0.15) is 34.0 Å². The number of fused-ring (bicyclic) bond motifs is 1. The highest BCUT2D eigenvalue weighted by Crippen LogP contribution is 2.23. The van der Waals surface area contributed by atoms with E-state index in [9.17, 15) is 9.59 Å². The summed E-state index contributed by atoms with van der Waals surface area (Å²) in [5.41, 5.74) is 3.86. The average molecular weight is 336 g/mol. The second-order valence-corrected chi connectivity index (χ2v) is 6.33. The molecule has 4 heteroatoms. The van der Waals surface area contributed by atoms with Crippen molar-refractivity contribution in [1.82, 2.24) is 0 Å². The number of benzene rings is 2. The molecule has 128 valence electrons. The fourth-order valence-corrected chi connectivity index (χ4v) is 2.82. The standard InChI is InChI=1S/C21H20O4/c1-12-9-14(3)18(10-13(12)2)21(23)15(4)24-17-7-5-16-6-8-20(22)25-19(16)11-17/h5-11,15H,1-4H3/t15-/m1/s1. The maximum absolute atomic E-state index is 12.8. The molecular formula is C21H20O4. The molecule has 3 aromatic rings. The van der Waals surface area contributed by atoms with Crippen LogP contribution in [-0.2, 0) is 0 Å². The molecule has 0 bridgehead atoms. The molecule has 1 heterocycles. The fraction of sp³-hybridized carbons (Fsp3) is 0.238. The Balaban J connectivity index is 1.86. The molecule has 0 aliphatic rings. The first kappa shape index (κ1) is 17.0. The van der Waals surface area contributed by atoms with Gasteiger partial charge in [-0.2, -0.15) is 0 Å². The monoisotopic (exact) mass is 336 g/mol. The minimum atomic E-state index is -0.645. The second-order valence-electron chi connectivity index (χ2n) is 6.33. The van der Waals surface area contributed by atoms with Crippen LogP contribution in [-0.4, -0.2) is 11.9 Å². The maximum atomic E-state index is 12.8. The van der Waals surface area contributed by atoms with Crippen LogP contribution in [0.4, 0.5) is 0 Å². The molecule has 0 saturated heterocycles. The van der Waals surface area contributed by atoms with Crippen LogP contribution >= 0.6 is 0 Å². The quantitative estimate of drug-likeness (QED) is 0.524. The van der Waals surface area contributed by atoms with E-state index in [1.807, 2.05) is 32.9 Å². The third kappa shape index (κ3) is 3.48. The number of carbonyl (C=O) groups excluding carboxylic acids is 1. The highest BCUT2D eigenvalue weighted by Gasteiger charge is 2.20. The van der Waals surface area contributed by atoms with Crippen molar-refractivity contribution in [2.24, 2.45) is 0 Å². The van der Waals surface area contributed by atoms with Crippen molar-refractivity contribution in [2.75, 3.05) is 0 Å². The van der Waals surface area contributed by atoms with Gasteiger partial charge in [0.05, 0.1) is 0 Å². The summed E-state index contributed by atoms with van der Waals surface area (Å²) in [6.07, 6.45) is -0.645. The van der Waals surface area contributed by atoms with Gasteiger partial charge in [0.1, 0.15) is 11.3 Å². The predicted octanol–water partition coefficient (Wildman–Crippen LogP) is 4.37. The van der Waals surface area contributed by atoms with Gasteiger partial charge in [0.15, 0.2) is 6.10 Å². The number of ether oxygens (including phenoxy) is 1. The van der Waals surface area contributed by atoms with Gasteiger partial charge < -0.3 is 9.15 Å². The highest BCUT2D eigenvalue weighted by atomic mass is 16.5. The summed E-state index contributed by atoms with van der Waals surface area (Å²) in [6.45, 7) is 7.67. The number of rotatable bonds is 4.